The van der Waals surface area contributed by atoms with E-state index in [1.54, 1.807) is 32.9 Å². The number of ether oxygens (including phenoxy) is 2. The van der Waals surface area contributed by atoms with E-state index < -0.39 is 12.1 Å². The Kier molecular flexibility index (Phi) is 26.4. The van der Waals surface area contributed by atoms with E-state index in [0.29, 0.717) is 62.2 Å². The Bertz CT molecular complexity index is 1930. The molecule has 0 aromatic rings. The van der Waals surface area contributed by atoms with Gasteiger partial charge in [0.1, 0.15) is 12.2 Å². The molecule has 6 fully saturated rings. The first kappa shape index (κ1) is 60.1. The Hall–Kier alpha value is -3.99. The first-order valence-electron chi connectivity index (χ1n) is 24.4. The van der Waals surface area contributed by atoms with E-state index in [-0.39, 0.29) is 123 Å². The van der Waals surface area contributed by atoms with Gasteiger partial charge in [-0.05, 0) is 119 Å². The summed E-state index contributed by atoms with van der Waals surface area (Å²) < 4.78 is 10.6. The van der Waals surface area contributed by atoms with E-state index in [9.17, 15) is 34.2 Å². The van der Waals surface area contributed by atoms with Crippen LogP contribution < -0.4 is 0 Å². The number of allylic oxidation sites excluding steroid dienone is 6. The second kappa shape index (κ2) is 29.9. The Balaban J connectivity index is 0.000000349. The maximum atomic E-state index is 12.0. The van der Waals surface area contributed by atoms with Crippen molar-refractivity contribution in [3.63, 3.8) is 0 Å². The van der Waals surface area contributed by atoms with Crippen LogP contribution in [0.15, 0.2) is 48.1 Å². The standard InChI is InChI=1S/C22H32O4.2C17H22O3.2H2S/c1-3-4-7-15(2)20(23)11-10-18-19-13-16(8-5-6-9-22(25)26)12-17(19)14-21(18)24;2*1-4-5-6-11(2)15(18)8-7-13-12(3)9-16-14(13)10-17(19)20-16;;/h8,10-11,15,17-21,23-24H,5-7,9,12-14H2,1-2H3,(H,25,26);2*7-8,11-14,16H,6,9-10H2,1-3H3;2*1H2/b11-10+,16-8+;2*8-7+;;/t15-,17-,18+,19-,20+,21+;11?,12-,13+,14-,16+;11-,12+,13-,14+,16-;;/m010../s1. The molecule has 2 aliphatic heterocycles. The molecule has 0 amide bonds. The highest BCUT2D eigenvalue weighted by atomic mass is 32.1. The topological polar surface area (TPSA) is 164 Å². The van der Waals surface area contributed by atoms with Gasteiger partial charge in [0.25, 0.3) is 0 Å². The van der Waals surface area contributed by atoms with Crippen molar-refractivity contribution in [1.29, 1.82) is 0 Å². The normalized spacial score (nSPS) is 31.8. The molecule has 376 valence electrons. The summed E-state index contributed by atoms with van der Waals surface area (Å²) in [5, 5.41) is 29.4. The van der Waals surface area contributed by atoms with Crippen molar-refractivity contribution in [2.24, 2.45) is 71.0 Å². The molecular weight excluding hydrogens is 897 g/mol. The number of carbonyl (C=O) groups is 5. The lowest BCUT2D eigenvalue weighted by Gasteiger charge is -2.19. The summed E-state index contributed by atoms with van der Waals surface area (Å²) in [6.45, 7) is 15.5. The fraction of sp³-hybridized carbons (Fsp3) is 0.661. The third-order valence-electron chi connectivity index (χ3n) is 14.8. The van der Waals surface area contributed by atoms with E-state index in [4.69, 9.17) is 14.6 Å². The molecule has 0 bridgehead atoms. The van der Waals surface area contributed by atoms with Crippen molar-refractivity contribution in [2.45, 2.75) is 163 Å². The van der Waals surface area contributed by atoms with Gasteiger partial charge in [-0.3, -0.25) is 24.0 Å². The number of esters is 2. The van der Waals surface area contributed by atoms with Crippen LogP contribution in [-0.2, 0) is 33.4 Å². The highest BCUT2D eigenvalue weighted by Crippen LogP contribution is 2.51. The number of carbonyl (C=O) groups excluding carboxylic acids is 4. The van der Waals surface area contributed by atoms with Crippen LogP contribution in [0.25, 0.3) is 0 Å². The van der Waals surface area contributed by atoms with Crippen molar-refractivity contribution < 1.29 is 48.8 Å². The van der Waals surface area contributed by atoms with Crippen molar-refractivity contribution in [3.05, 3.63) is 48.1 Å². The van der Waals surface area contributed by atoms with Gasteiger partial charge in [0.05, 0.1) is 25.0 Å². The predicted octanol–water partition coefficient (Wildman–Crippen LogP) is 9.26. The van der Waals surface area contributed by atoms with Crippen LogP contribution in [0.5, 0.6) is 0 Å². The average molecular weight is 977 g/mol. The van der Waals surface area contributed by atoms with E-state index in [1.807, 2.05) is 45.1 Å². The minimum atomic E-state index is -0.738. The summed E-state index contributed by atoms with van der Waals surface area (Å²) in [6.07, 6.45) is 21.9. The molecule has 6 rings (SSSR count). The minimum Gasteiger partial charge on any atom is -0.481 e. The van der Waals surface area contributed by atoms with Crippen molar-refractivity contribution in [3.8, 4) is 35.5 Å². The maximum Gasteiger partial charge on any atom is 0.306 e. The Labute approximate surface area is 421 Å². The number of carboxylic acid groups (broad SMARTS) is 1. The van der Waals surface area contributed by atoms with E-state index >= 15 is 0 Å². The number of unbranched alkanes of at least 4 members (excludes halogenated alkanes) is 1. The molecule has 4 aliphatic carbocycles. The van der Waals surface area contributed by atoms with Gasteiger partial charge in [-0.1, -0.05) is 70.6 Å². The van der Waals surface area contributed by atoms with Gasteiger partial charge in [-0.2, -0.15) is 27.0 Å². The number of aliphatic hydroxyl groups excluding tert-OH is 2. The quantitative estimate of drug-likeness (QED) is 0.0447. The van der Waals surface area contributed by atoms with Gasteiger partial charge in [0.15, 0.2) is 11.6 Å². The van der Waals surface area contributed by atoms with Crippen molar-refractivity contribution in [2.75, 3.05) is 0 Å². The third kappa shape index (κ3) is 17.8. The lowest BCUT2D eigenvalue weighted by molar-refractivity contribution is -0.142. The van der Waals surface area contributed by atoms with Crippen LogP contribution >= 0.6 is 27.0 Å². The molecule has 0 spiro atoms. The fourth-order valence-electron chi connectivity index (χ4n) is 10.8. The van der Waals surface area contributed by atoms with Gasteiger partial charge < -0.3 is 24.8 Å². The minimum absolute atomic E-state index is 0. The van der Waals surface area contributed by atoms with Crippen LogP contribution in [0.1, 0.15) is 139 Å². The van der Waals surface area contributed by atoms with Crippen LogP contribution in [-0.4, -0.2) is 69.2 Å². The van der Waals surface area contributed by atoms with Crippen molar-refractivity contribution >= 4 is 56.5 Å². The summed E-state index contributed by atoms with van der Waals surface area (Å²) in [5.74, 6) is 19.7. The second-order valence-corrected chi connectivity index (χ2v) is 19.8. The molecule has 16 atom stereocenters. The smallest absolute Gasteiger partial charge is 0.306 e. The molecule has 2 saturated heterocycles. The molecule has 68 heavy (non-hydrogen) atoms. The van der Waals surface area contributed by atoms with Crippen LogP contribution in [0.2, 0.25) is 0 Å². The lowest BCUT2D eigenvalue weighted by Crippen LogP contribution is -2.19. The number of ketones is 2. The van der Waals surface area contributed by atoms with Crippen LogP contribution in [0.3, 0.4) is 0 Å². The second-order valence-electron chi connectivity index (χ2n) is 19.8. The Morgan fingerprint density at radius 2 is 1.18 bits per heavy atom. The van der Waals surface area contributed by atoms with E-state index in [0.717, 1.165) is 38.5 Å². The number of carboxylic acids is 1. The molecule has 3 N–H and O–H groups in total. The zero-order valence-electron chi connectivity index (χ0n) is 41.7. The summed E-state index contributed by atoms with van der Waals surface area (Å²) in [5.41, 5.74) is 1.41. The van der Waals surface area contributed by atoms with Gasteiger partial charge in [0, 0.05) is 55.3 Å². The molecule has 12 heteroatoms. The fourth-order valence-corrected chi connectivity index (χ4v) is 10.8. The number of aliphatic carboxylic acids is 1. The Morgan fingerprint density at radius 3 is 1.65 bits per heavy atom. The summed E-state index contributed by atoms with van der Waals surface area (Å²) in [6, 6.07) is 0. The zero-order valence-corrected chi connectivity index (χ0v) is 43.7. The SMILES string of the molecule is CC#CCC(C)C(=O)/C=C/[C@@H]1[C@H]2CC(=O)O[C@H]2C[C@H]1C.CC#CC[C@H](C)C(=O)/C=C/[C@@H]1[C@H]2CC(=O)O[C@H]2C[C@H]1C.CC#CC[C@H](C)[C@H](O)/C=C/[C@@H]1[C@H]2C/C(=C/CCCC(=O)O)C[C@H]2C[C@H]1O.S.S. The first-order chi connectivity index (χ1) is 31.5. The molecule has 2 heterocycles. The highest BCUT2D eigenvalue weighted by molar-refractivity contribution is 7.59. The maximum absolute atomic E-state index is 12.0. The summed E-state index contributed by atoms with van der Waals surface area (Å²) in [4.78, 5) is 57.3. The van der Waals surface area contributed by atoms with Crippen molar-refractivity contribution in [1.82, 2.24) is 0 Å². The summed E-state index contributed by atoms with van der Waals surface area (Å²) >= 11 is 0. The van der Waals surface area contributed by atoms with Crippen LogP contribution in [0, 0.1) is 107 Å². The molecule has 0 radical (unpaired) electrons. The van der Waals surface area contributed by atoms with E-state index in [2.05, 4.69) is 55.4 Å². The average Bonchev–Trinajstić information content (AvgIpc) is 4.11. The molecule has 1 unspecified atom stereocenters. The third-order valence-corrected chi connectivity index (χ3v) is 14.8. The first-order valence-corrected chi connectivity index (χ1v) is 24.4. The predicted molar refractivity (Wildman–Crippen MR) is 276 cm³/mol. The number of hydrogen-bond acceptors (Lipinski definition) is 9. The highest BCUT2D eigenvalue weighted by Gasteiger charge is 2.49. The Morgan fingerprint density at radius 1 is 0.691 bits per heavy atom. The van der Waals surface area contributed by atoms with Gasteiger partial charge in [0.2, 0.25) is 0 Å². The number of fused-ring (bicyclic) bond motifs is 3. The number of hydrogen-bond donors (Lipinski definition) is 3. The molecule has 4 saturated carbocycles. The summed E-state index contributed by atoms with van der Waals surface area (Å²) in [7, 11) is 0. The largest absolute Gasteiger partial charge is 0.481 e. The number of rotatable bonds is 16. The zero-order chi connectivity index (χ0) is 48.5. The van der Waals surface area contributed by atoms with Crippen LogP contribution in [0.4, 0.5) is 0 Å². The molecule has 0 aromatic carbocycles. The van der Waals surface area contributed by atoms with E-state index in [1.165, 1.54) is 5.57 Å². The molecule has 6 aliphatic rings. The molecule has 0 aromatic heterocycles. The van der Waals surface area contributed by atoms with Gasteiger partial charge >= 0.3 is 17.9 Å². The molecule has 10 nitrogen and oxygen atoms in total. The van der Waals surface area contributed by atoms with Gasteiger partial charge in [-0.15, -0.1) is 35.5 Å². The van der Waals surface area contributed by atoms with Gasteiger partial charge in [-0.25, -0.2) is 0 Å². The molecular formula is C56H80O10S2. The lowest BCUT2D eigenvalue weighted by atomic mass is 9.87. The monoisotopic (exact) mass is 977 g/mol. The number of aliphatic hydroxyl groups is 2.